The van der Waals surface area contributed by atoms with Crippen LogP contribution in [0.3, 0.4) is 0 Å². The summed E-state index contributed by atoms with van der Waals surface area (Å²) in [5, 5.41) is 0.826. The van der Waals surface area contributed by atoms with Gasteiger partial charge in [-0.05, 0) is 0 Å². The van der Waals surface area contributed by atoms with Crippen molar-refractivity contribution in [3.05, 3.63) is 9.00 Å². The Morgan fingerprint density at radius 3 is 2.07 bits per heavy atom. The average molecular weight is 337 g/mol. The molecule has 0 aliphatic rings. The van der Waals surface area contributed by atoms with Crippen LogP contribution >= 0.6 is 0 Å². The van der Waals surface area contributed by atoms with Gasteiger partial charge < -0.3 is 0 Å². The van der Waals surface area contributed by atoms with Gasteiger partial charge in [0, 0.05) is 0 Å². The number of hydrogen-bond donors (Lipinski definition) is 0. The molecule has 0 fully saturated rings. The van der Waals surface area contributed by atoms with E-state index in [1.165, 1.54) is 7.11 Å². The van der Waals surface area contributed by atoms with Crippen molar-refractivity contribution in [1.82, 2.24) is 0 Å². The molecule has 0 aliphatic carbocycles. The fourth-order valence-corrected chi connectivity index (χ4v) is 7.44. The normalized spacial score (nSPS) is 13.6. The van der Waals surface area contributed by atoms with E-state index < -0.39 is 28.5 Å². The van der Waals surface area contributed by atoms with Crippen LogP contribution in [0.1, 0.15) is 0 Å². The molecule has 7 heteroatoms. The van der Waals surface area contributed by atoms with Gasteiger partial charge in [0.2, 0.25) is 0 Å². The quantitative estimate of drug-likeness (QED) is 0.437. The Morgan fingerprint density at radius 2 is 1.86 bits per heavy atom. The van der Waals surface area contributed by atoms with Crippen molar-refractivity contribution in [2.24, 2.45) is 0 Å². The molecule has 14 heavy (non-hydrogen) atoms. The van der Waals surface area contributed by atoms with E-state index in [0.29, 0.717) is 3.59 Å². The van der Waals surface area contributed by atoms with Crippen molar-refractivity contribution in [1.29, 1.82) is 0 Å². The molecular weight excluding hydrogens is 322 g/mol. The van der Waals surface area contributed by atoms with Crippen molar-refractivity contribution in [3.63, 3.8) is 0 Å². The molecule has 0 saturated carbocycles. The minimum atomic E-state index is -4.27. The number of methoxy groups -OCH3 is 1. The summed E-state index contributed by atoms with van der Waals surface area (Å²) in [5.41, 5.74) is 0. The van der Waals surface area contributed by atoms with Crippen LogP contribution in [0.15, 0.2) is 9.00 Å². The molecule has 4 nitrogen and oxygen atoms in total. The van der Waals surface area contributed by atoms with Crippen molar-refractivity contribution in [3.8, 4) is 0 Å². The molecule has 0 amide bonds. The summed E-state index contributed by atoms with van der Waals surface area (Å²) in [6.45, 7) is 0.251. The van der Waals surface area contributed by atoms with E-state index in [1.807, 2.05) is 14.8 Å². The molecule has 0 saturated heterocycles. The molecule has 0 N–H and O–H groups in total. The third kappa shape index (κ3) is 8.70. The van der Waals surface area contributed by atoms with Gasteiger partial charge in [0.05, 0.1) is 0 Å². The summed E-state index contributed by atoms with van der Waals surface area (Å²) < 4.78 is 37.1. The summed E-state index contributed by atoms with van der Waals surface area (Å²) in [6, 6.07) is 0. The average Bonchev–Trinajstić information content (AvgIpc) is 1.81. The Hall–Kier alpha value is 1.41. The Labute approximate surface area is 112 Å². The van der Waals surface area contributed by atoms with Gasteiger partial charge in [-0.2, -0.15) is 0 Å². The zero-order valence-electron chi connectivity index (χ0n) is 9.33. The van der Waals surface area contributed by atoms with E-state index >= 15 is 0 Å². The largest absolute Gasteiger partial charge is 1.00 e. The maximum Gasteiger partial charge on any atom is 1.00 e. The first-order chi connectivity index (χ1) is 5.67. The molecule has 0 radical (unpaired) electrons. The van der Waals surface area contributed by atoms with Gasteiger partial charge in [0.25, 0.3) is 0 Å². The predicted molar refractivity (Wildman–Crippen MR) is 53.0 cm³/mol. The van der Waals surface area contributed by atoms with E-state index in [-0.39, 0.29) is 36.2 Å². The van der Waals surface area contributed by atoms with Gasteiger partial charge in [-0.1, -0.05) is 0 Å². The molecule has 0 spiro atoms. The van der Waals surface area contributed by atoms with Crippen LogP contribution in [-0.4, -0.2) is 45.1 Å². The Kier molecular flexibility index (Phi) is 8.74. The summed E-state index contributed by atoms with van der Waals surface area (Å²) in [4.78, 5) is 6.10. The summed E-state index contributed by atoms with van der Waals surface area (Å²) in [5.74, 6) is 0. The molecule has 0 bridgehead atoms. The van der Waals surface area contributed by atoms with Crippen LogP contribution in [0.2, 0.25) is 14.8 Å². The fraction of sp³-hybridized carbons (Fsp3) is 0.714. The molecule has 0 aliphatic heterocycles. The smallest absolute Gasteiger partial charge is 1.00 e. The topological polar surface area (TPSA) is 66.4 Å². The molecule has 0 aromatic heterocycles. The van der Waals surface area contributed by atoms with Crippen LogP contribution in [0.5, 0.6) is 0 Å². The second-order valence-corrected chi connectivity index (χ2v) is 19.7. The fourth-order valence-electron chi connectivity index (χ4n) is 0.757. The molecule has 0 aromatic rings. The summed E-state index contributed by atoms with van der Waals surface area (Å²) >= 11 is -2.47. The van der Waals surface area contributed by atoms with Gasteiger partial charge in [0.15, 0.2) is 0 Å². The Morgan fingerprint density at radius 1 is 1.43 bits per heavy atom. The second kappa shape index (κ2) is 6.88. The number of rotatable bonds is 4. The van der Waals surface area contributed by atoms with Crippen LogP contribution in [-0.2, 0) is 14.9 Å². The van der Waals surface area contributed by atoms with E-state index in [1.54, 1.807) is 0 Å². The molecule has 0 heterocycles. The predicted octanol–water partition coefficient (Wildman–Crippen LogP) is -2.06. The first-order valence-corrected chi connectivity index (χ1v) is 15.3. The first-order valence-electron chi connectivity index (χ1n) is 3.82. The van der Waals surface area contributed by atoms with Crippen LogP contribution in [0.4, 0.5) is 0 Å². The zero-order chi connectivity index (χ0) is 10.7. The molecule has 0 unspecified atom stereocenters. The SMILES string of the molecule is COC/[C](=C/S(=O)(=O)[O-])[Sn]([CH3])([CH3])[CH3].[Na+]. The maximum atomic E-state index is 10.5. The monoisotopic (exact) mass is 338 g/mol. The van der Waals surface area contributed by atoms with Gasteiger partial charge in [-0.15, -0.1) is 0 Å². The number of ether oxygens (including phenoxy) is 1. The van der Waals surface area contributed by atoms with Crippen molar-refractivity contribution in [2.45, 2.75) is 14.8 Å². The van der Waals surface area contributed by atoms with E-state index in [2.05, 4.69) is 0 Å². The first kappa shape index (κ1) is 17.8. The number of hydrogen-bond acceptors (Lipinski definition) is 4. The third-order valence-electron chi connectivity index (χ3n) is 1.55. The van der Waals surface area contributed by atoms with Crippen molar-refractivity contribution >= 4 is 28.5 Å². The van der Waals surface area contributed by atoms with E-state index in [9.17, 15) is 13.0 Å². The molecule has 0 atom stereocenters. The molecule has 0 rings (SSSR count). The van der Waals surface area contributed by atoms with Crippen LogP contribution in [0, 0.1) is 0 Å². The van der Waals surface area contributed by atoms with Gasteiger partial charge >= 0.3 is 113 Å². The minimum Gasteiger partial charge on any atom is 1.00 e. The van der Waals surface area contributed by atoms with Gasteiger partial charge in [-0.3, -0.25) is 0 Å². The van der Waals surface area contributed by atoms with Crippen LogP contribution in [0.25, 0.3) is 0 Å². The third-order valence-corrected chi connectivity index (χ3v) is 9.04. The van der Waals surface area contributed by atoms with E-state index in [4.69, 9.17) is 4.74 Å². The zero-order valence-corrected chi connectivity index (χ0v) is 15.0. The summed E-state index contributed by atoms with van der Waals surface area (Å²) in [6.07, 6.45) is 0. The standard InChI is InChI=1S/C4H7O4S.3CH3.Na.Sn/c1-8-3-2-4-9(5,6)7;;;;;/h4H,3H2,1H3,(H,5,6,7);3*1H3;;/q;;;;+1;/p-1. The Balaban J connectivity index is 0. The minimum absolute atomic E-state index is 0. The van der Waals surface area contributed by atoms with E-state index in [0.717, 1.165) is 5.41 Å². The van der Waals surface area contributed by atoms with Crippen molar-refractivity contribution in [2.75, 3.05) is 13.7 Å². The summed E-state index contributed by atoms with van der Waals surface area (Å²) in [7, 11) is -2.78. The van der Waals surface area contributed by atoms with Gasteiger partial charge in [-0.25, -0.2) is 0 Å². The molecular formula is C7H15NaO4SSn. The molecule has 0 aromatic carbocycles. The van der Waals surface area contributed by atoms with Crippen LogP contribution < -0.4 is 29.6 Å². The second-order valence-electron chi connectivity index (χ2n) is 3.82. The molecule has 78 valence electrons. The maximum absolute atomic E-state index is 10.5. The Bertz CT molecular complexity index is 291. The van der Waals surface area contributed by atoms with Gasteiger partial charge in [0.1, 0.15) is 0 Å². The van der Waals surface area contributed by atoms with Crippen molar-refractivity contribution < 1.29 is 47.3 Å².